The van der Waals surface area contributed by atoms with Crippen LogP contribution in [0.3, 0.4) is 0 Å². The van der Waals surface area contributed by atoms with Gasteiger partial charge < -0.3 is 14.9 Å². The highest BCUT2D eigenvalue weighted by Gasteiger charge is 2.57. The average Bonchev–Trinajstić information content (AvgIpc) is 2.61. The Bertz CT molecular complexity index is 806. The van der Waals surface area contributed by atoms with Crippen molar-refractivity contribution >= 4 is 5.97 Å². The fraction of sp³-hybridized carbons (Fsp3) is 0.458. The molecule has 2 atom stereocenters. The Hall–Kier alpha value is -2.17. The molecule has 1 aliphatic heterocycles. The van der Waals surface area contributed by atoms with Crippen LogP contribution in [-0.4, -0.2) is 27.4 Å². The Kier molecular flexibility index (Phi) is 5.15. The normalized spacial score (nSPS) is 24.7. The number of aliphatic hydroxyl groups is 1. The van der Waals surface area contributed by atoms with Crippen molar-refractivity contribution in [3.63, 3.8) is 0 Å². The van der Waals surface area contributed by atoms with Gasteiger partial charge in [0, 0.05) is 0 Å². The van der Waals surface area contributed by atoms with E-state index in [0.29, 0.717) is 12.8 Å². The van der Waals surface area contributed by atoms with Crippen molar-refractivity contribution in [2.24, 2.45) is 5.92 Å². The quantitative estimate of drug-likeness (QED) is 0.812. The maximum absolute atomic E-state index is 12.2. The lowest BCUT2D eigenvalue weighted by Gasteiger charge is -2.54. The molecular weight excluding hydrogens is 352 g/mol. The standard InChI is InChI=1S/C24H30O4/c1-16-6-10-18(11-7-16)24(27,19-12-8-17(2)9-13-19)23(5)15-14-20(21(25)26)22(3,4)28-23/h6-13,20,27H,14-15H2,1-5H3,(H,25,26). The first-order chi connectivity index (χ1) is 13.0. The summed E-state index contributed by atoms with van der Waals surface area (Å²) in [5.41, 5.74) is 0.416. The minimum absolute atomic E-state index is 0.436. The van der Waals surface area contributed by atoms with Crippen molar-refractivity contribution in [2.45, 2.75) is 64.3 Å². The maximum atomic E-state index is 12.2. The van der Waals surface area contributed by atoms with Crippen molar-refractivity contribution in [3.05, 3.63) is 70.8 Å². The van der Waals surface area contributed by atoms with E-state index in [1.807, 2.05) is 69.3 Å². The van der Waals surface area contributed by atoms with E-state index in [0.717, 1.165) is 22.3 Å². The Labute approximate surface area is 167 Å². The molecule has 3 rings (SSSR count). The zero-order valence-electron chi connectivity index (χ0n) is 17.3. The van der Waals surface area contributed by atoms with Gasteiger partial charge in [0.25, 0.3) is 0 Å². The lowest BCUT2D eigenvalue weighted by atomic mass is 9.67. The van der Waals surface area contributed by atoms with Gasteiger partial charge in [-0.1, -0.05) is 59.7 Å². The van der Waals surface area contributed by atoms with Gasteiger partial charge in [-0.25, -0.2) is 0 Å². The molecule has 2 aromatic carbocycles. The Balaban J connectivity index is 2.15. The molecule has 0 spiro atoms. The molecule has 1 aliphatic rings. The van der Waals surface area contributed by atoms with Gasteiger partial charge in [0.05, 0.1) is 11.5 Å². The molecule has 0 amide bonds. The summed E-state index contributed by atoms with van der Waals surface area (Å²) in [7, 11) is 0. The molecule has 1 saturated heterocycles. The van der Waals surface area contributed by atoms with Crippen molar-refractivity contribution in [3.8, 4) is 0 Å². The number of benzene rings is 2. The van der Waals surface area contributed by atoms with Crippen molar-refractivity contribution in [2.75, 3.05) is 0 Å². The molecule has 0 aromatic heterocycles. The molecule has 1 fully saturated rings. The van der Waals surface area contributed by atoms with Crippen molar-refractivity contribution in [1.29, 1.82) is 0 Å². The summed E-state index contributed by atoms with van der Waals surface area (Å²) < 4.78 is 6.44. The first-order valence-electron chi connectivity index (χ1n) is 9.79. The molecule has 0 bridgehead atoms. The van der Waals surface area contributed by atoms with E-state index < -0.39 is 28.7 Å². The van der Waals surface area contributed by atoms with Gasteiger partial charge in [0.15, 0.2) is 0 Å². The van der Waals surface area contributed by atoms with Crippen molar-refractivity contribution < 1.29 is 19.7 Å². The number of carbonyl (C=O) groups is 1. The van der Waals surface area contributed by atoms with Crippen LogP contribution in [0.5, 0.6) is 0 Å². The topological polar surface area (TPSA) is 66.8 Å². The Morgan fingerprint density at radius 1 is 0.964 bits per heavy atom. The molecule has 0 saturated carbocycles. The molecule has 4 heteroatoms. The number of aryl methyl sites for hydroxylation is 2. The van der Waals surface area contributed by atoms with Crippen LogP contribution in [0, 0.1) is 19.8 Å². The molecular formula is C24H30O4. The van der Waals surface area contributed by atoms with E-state index in [1.165, 1.54) is 0 Å². The third-order valence-corrected chi connectivity index (χ3v) is 6.24. The second kappa shape index (κ2) is 7.02. The number of ether oxygens (including phenoxy) is 1. The largest absolute Gasteiger partial charge is 0.481 e. The van der Waals surface area contributed by atoms with Gasteiger partial charge in [0.2, 0.25) is 0 Å². The molecule has 2 unspecified atom stereocenters. The summed E-state index contributed by atoms with van der Waals surface area (Å²) >= 11 is 0. The van der Waals surface area contributed by atoms with Gasteiger partial charge in [0.1, 0.15) is 11.2 Å². The number of carboxylic acids is 1. The highest BCUT2D eigenvalue weighted by Crippen LogP contribution is 2.51. The van der Waals surface area contributed by atoms with Gasteiger partial charge in [-0.2, -0.15) is 0 Å². The van der Waals surface area contributed by atoms with Crippen LogP contribution >= 0.6 is 0 Å². The first kappa shape index (κ1) is 20.6. The summed E-state index contributed by atoms with van der Waals surface area (Å²) in [5, 5.41) is 21.8. The predicted octanol–water partition coefficient (Wildman–Crippen LogP) is 4.59. The van der Waals surface area contributed by atoms with E-state index in [9.17, 15) is 15.0 Å². The van der Waals surface area contributed by atoms with Gasteiger partial charge in [-0.05, 0) is 58.6 Å². The average molecular weight is 383 g/mol. The minimum atomic E-state index is -1.41. The molecule has 28 heavy (non-hydrogen) atoms. The number of carboxylic acid groups (broad SMARTS) is 1. The summed E-state index contributed by atoms with van der Waals surface area (Å²) in [6.45, 7) is 9.51. The highest BCUT2D eigenvalue weighted by atomic mass is 16.5. The molecule has 1 heterocycles. The second-order valence-corrected chi connectivity index (χ2v) is 8.81. The van der Waals surface area contributed by atoms with E-state index in [2.05, 4.69) is 0 Å². The lowest BCUT2D eigenvalue weighted by molar-refractivity contribution is -0.257. The summed E-state index contributed by atoms with van der Waals surface area (Å²) in [5.74, 6) is -1.47. The second-order valence-electron chi connectivity index (χ2n) is 8.81. The van der Waals surface area contributed by atoms with Crippen LogP contribution in [0.4, 0.5) is 0 Å². The molecule has 0 aliphatic carbocycles. The molecule has 150 valence electrons. The fourth-order valence-electron chi connectivity index (χ4n) is 4.51. The lowest BCUT2D eigenvalue weighted by Crippen LogP contribution is -2.61. The number of aliphatic carboxylic acids is 1. The molecule has 0 radical (unpaired) electrons. The zero-order valence-corrected chi connectivity index (χ0v) is 17.3. The van der Waals surface area contributed by atoms with E-state index in [-0.39, 0.29) is 0 Å². The van der Waals surface area contributed by atoms with Crippen LogP contribution < -0.4 is 0 Å². The molecule has 2 N–H and O–H groups in total. The van der Waals surface area contributed by atoms with Gasteiger partial charge in [-0.3, -0.25) is 4.79 Å². The maximum Gasteiger partial charge on any atom is 0.309 e. The number of hydrogen-bond acceptors (Lipinski definition) is 3. The van der Waals surface area contributed by atoms with Gasteiger partial charge in [-0.15, -0.1) is 0 Å². The summed E-state index contributed by atoms with van der Waals surface area (Å²) in [6.07, 6.45) is 0.879. The highest BCUT2D eigenvalue weighted by molar-refractivity contribution is 5.71. The first-order valence-corrected chi connectivity index (χ1v) is 9.79. The molecule has 4 nitrogen and oxygen atoms in total. The third-order valence-electron chi connectivity index (χ3n) is 6.24. The Morgan fingerprint density at radius 3 is 1.75 bits per heavy atom. The smallest absolute Gasteiger partial charge is 0.309 e. The van der Waals surface area contributed by atoms with Gasteiger partial charge >= 0.3 is 5.97 Å². The van der Waals surface area contributed by atoms with Crippen LogP contribution in [0.25, 0.3) is 0 Å². The Morgan fingerprint density at radius 2 is 1.39 bits per heavy atom. The molecule has 2 aromatic rings. The number of rotatable bonds is 4. The summed E-state index contributed by atoms with van der Waals surface area (Å²) in [6, 6.07) is 15.6. The summed E-state index contributed by atoms with van der Waals surface area (Å²) in [4.78, 5) is 11.7. The third kappa shape index (κ3) is 3.36. The monoisotopic (exact) mass is 382 g/mol. The minimum Gasteiger partial charge on any atom is -0.481 e. The number of hydrogen-bond donors (Lipinski definition) is 2. The predicted molar refractivity (Wildman–Crippen MR) is 109 cm³/mol. The van der Waals surface area contributed by atoms with Crippen LogP contribution in [0.1, 0.15) is 55.9 Å². The van der Waals surface area contributed by atoms with E-state index in [1.54, 1.807) is 13.8 Å². The zero-order chi connectivity index (χ0) is 20.7. The fourth-order valence-corrected chi connectivity index (χ4v) is 4.51. The van der Waals surface area contributed by atoms with Crippen LogP contribution in [-0.2, 0) is 15.1 Å². The van der Waals surface area contributed by atoms with E-state index >= 15 is 0 Å². The van der Waals surface area contributed by atoms with E-state index in [4.69, 9.17) is 4.74 Å². The SMILES string of the molecule is Cc1ccc(C(O)(c2ccc(C)cc2)C2(C)CCC(C(=O)O)C(C)(C)O2)cc1. The van der Waals surface area contributed by atoms with Crippen LogP contribution in [0.15, 0.2) is 48.5 Å². The van der Waals surface area contributed by atoms with Crippen LogP contribution in [0.2, 0.25) is 0 Å². The van der Waals surface area contributed by atoms with Crippen molar-refractivity contribution in [1.82, 2.24) is 0 Å².